The van der Waals surface area contributed by atoms with Crippen molar-refractivity contribution in [1.29, 1.82) is 0 Å². The molecule has 3 aromatic rings. The van der Waals surface area contributed by atoms with Gasteiger partial charge in [-0.3, -0.25) is 4.72 Å². The molecular formula is C19H21N3OS. The van der Waals surface area contributed by atoms with Crippen molar-refractivity contribution in [1.82, 2.24) is 14.2 Å². The van der Waals surface area contributed by atoms with Crippen molar-refractivity contribution in [3.8, 4) is 0 Å². The lowest BCUT2D eigenvalue weighted by atomic mass is 10.2. The molecule has 5 heteroatoms. The first kappa shape index (κ1) is 16.5. The third-order valence-corrected chi connectivity index (χ3v) is 5.03. The molecule has 0 atom stereocenters. The van der Waals surface area contributed by atoms with Crippen molar-refractivity contribution in [2.75, 3.05) is 7.05 Å². The second kappa shape index (κ2) is 7.01. The number of aromatic nitrogens is 1. The van der Waals surface area contributed by atoms with Gasteiger partial charge in [-0.05, 0) is 42.1 Å². The molecule has 0 bridgehead atoms. The van der Waals surface area contributed by atoms with E-state index in [0.29, 0.717) is 6.54 Å². The van der Waals surface area contributed by atoms with Gasteiger partial charge in [0, 0.05) is 42.6 Å². The molecule has 1 aromatic heterocycles. The highest BCUT2D eigenvalue weighted by atomic mass is 32.2. The monoisotopic (exact) mass is 339 g/mol. The molecular weight excluding hydrogens is 318 g/mol. The zero-order valence-corrected chi connectivity index (χ0v) is 14.9. The smallest absolute Gasteiger partial charge is 0.327 e. The lowest BCUT2D eigenvalue weighted by Gasteiger charge is -2.17. The predicted molar refractivity (Wildman–Crippen MR) is 100.0 cm³/mol. The second-order valence-corrected chi connectivity index (χ2v) is 6.76. The molecule has 1 heterocycles. The lowest BCUT2D eigenvalue weighted by molar-refractivity contribution is 0.214. The van der Waals surface area contributed by atoms with Crippen LogP contribution >= 0.6 is 11.9 Å². The number of para-hydroxylation sites is 1. The average molecular weight is 339 g/mol. The van der Waals surface area contributed by atoms with Gasteiger partial charge in [0.2, 0.25) is 0 Å². The highest BCUT2D eigenvalue weighted by Gasteiger charge is 2.13. The number of rotatable bonds is 4. The second-order valence-electron chi connectivity index (χ2n) is 5.91. The molecule has 0 aliphatic heterocycles. The van der Waals surface area contributed by atoms with E-state index in [1.807, 2.05) is 57.4 Å². The topological polar surface area (TPSA) is 37.3 Å². The molecule has 24 heavy (non-hydrogen) atoms. The Labute approximate surface area is 146 Å². The van der Waals surface area contributed by atoms with Crippen molar-refractivity contribution in [3.63, 3.8) is 0 Å². The number of nitrogens with one attached hydrogen (secondary N) is 1. The minimum Gasteiger partial charge on any atom is -0.350 e. The number of carbonyl (C=O) groups is 1. The zero-order chi connectivity index (χ0) is 17.1. The third kappa shape index (κ3) is 3.41. The minimum absolute atomic E-state index is 0.101. The summed E-state index contributed by atoms with van der Waals surface area (Å²) >= 11 is 1.36. The predicted octanol–water partition coefficient (Wildman–Crippen LogP) is 4.34. The fraction of sp³-hybridized carbons (Fsp3) is 0.211. The zero-order valence-electron chi connectivity index (χ0n) is 14.1. The van der Waals surface area contributed by atoms with Gasteiger partial charge in [-0.25, -0.2) is 4.79 Å². The fourth-order valence-corrected chi connectivity index (χ4v) is 3.46. The van der Waals surface area contributed by atoms with E-state index < -0.39 is 0 Å². The lowest BCUT2D eigenvalue weighted by Crippen LogP contribution is -2.33. The Kier molecular flexibility index (Phi) is 4.81. The Morgan fingerprint density at radius 3 is 2.67 bits per heavy atom. The highest BCUT2D eigenvalue weighted by Crippen LogP contribution is 2.22. The van der Waals surface area contributed by atoms with Crippen LogP contribution < -0.4 is 4.72 Å². The van der Waals surface area contributed by atoms with Gasteiger partial charge in [0.25, 0.3) is 0 Å². The molecule has 1 N–H and O–H groups in total. The van der Waals surface area contributed by atoms with Crippen molar-refractivity contribution >= 4 is 28.9 Å². The van der Waals surface area contributed by atoms with Crippen molar-refractivity contribution < 1.29 is 4.79 Å². The number of benzene rings is 2. The van der Waals surface area contributed by atoms with E-state index in [2.05, 4.69) is 27.6 Å². The van der Waals surface area contributed by atoms with Gasteiger partial charge < -0.3 is 9.47 Å². The number of amides is 2. The molecule has 0 spiro atoms. The van der Waals surface area contributed by atoms with Gasteiger partial charge in [-0.1, -0.05) is 36.4 Å². The Morgan fingerprint density at radius 1 is 1.17 bits per heavy atom. The SMILES string of the molecule is Cc1ccccc1SNC(=O)N(C)Cc1cn(C)c2ccccc12. The number of fused-ring (bicyclic) bond motifs is 1. The van der Waals surface area contributed by atoms with Crippen LogP contribution in [0.2, 0.25) is 0 Å². The summed E-state index contributed by atoms with van der Waals surface area (Å²) in [7, 11) is 3.84. The van der Waals surface area contributed by atoms with Gasteiger partial charge in [-0.15, -0.1) is 0 Å². The molecule has 0 saturated heterocycles. The number of nitrogens with zero attached hydrogens (tertiary/aromatic N) is 2. The van der Waals surface area contributed by atoms with E-state index in [9.17, 15) is 4.79 Å². The van der Waals surface area contributed by atoms with E-state index in [1.165, 1.54) is 22.9 Å². The van der Waals surface area contributed by atoms with Gasteiger partial charge in [-0.2, -0.15) is 0 Å². The van der Waals surface area contributed by atoms with E-state index in [1.54, 1.807) is 4.90 Å². The largest absolute Gasteiger partial charge is 0.350 e. The van der Waals surface area contributed by atoms with Crippen LogP contribution in [-0.2, 0) is 13.6 Å². The maximum atomic E-state index is 12.4. The molecule has 0 aliphatic carbocycles. The Morgan fingerprint density at radius 2 is 1.88 bits per heavy atom. The molecule has 0 radical (unpaired) electrons. The number of aryl methyl sites for hydroxylation is 2. The van der Waals surface area contributed by atoms with Crippen LogP contribution in [0.5, 0.6) is 0 Å². The summed E-state index contributed by atoms with van der Waals surface area (Å²) in [6.07, 6.45) is 2.09. The van der Waals surface area contributed by atoms with Crippen molar-refractivity contribution in [2.24, 2.45) is 7.05 Å². The number of hydrogen-bond donors (Lipinski definition) is 1. The quantitative estimate of drug-likeness (QED) is 0.718. The Hall–Kier alpha value is -2.40. The standard InChI is InChI=1S/C19H21N3OS/c1-14-8-4-7-11-18(14)24-20-19(23)22(3)13-15-12-21(2)17-10-6-5-9-16(15)17/h4-12H,13H2,1-3H3,(H,20,23). The first-order valence-corrected chi connectivity index (χ1v) is 8.64. The van der Waals surface area contributed by atoms with Gasteiger partial charge in [0.05, 0.1) is 0 Å². The van der Waals surface area contributed by atoms with Crippen molar-refractivity contribution in [2.45, 2.75) is 18.4 Å². The van der Waals surface area contributed by atoms with Crippen LogP contribution in [0.1, 0.15) is 11.1 Å². The molecule has 2 amide bonds. The molecule has 0 aliphatic rings. The molecule has 2 aromatic carbocycles. The van der Waals surface area contributed by atoms with Crippen molar-refractivity contribution in [3.05, 3.63) is 65.9 Å². The van der Waals surface area contributed by atoms with E-state index in [0.717, 1.165) is 16.0 Å². The third-order valence-electron chi connectivity index (χ3n) is 4.08. The number of urea groups is 1. The summed E-state index contributed by atoms with van der Waals surface area (Å²) in [5.74, 6) is 0. The van der Waals surface area contributed by atoms with Crippen LogP contribution in [0.3, 0.4) is 0 Å². The van der Waals surface area contributed by atoms with Gasteiger partial charge in [0.1, 0.15) is 0 Å². The summed E-state index contributed by atoms with van der Waals surface area (Å²) in [6, 6.07) is 16.2. The molecule has 0 unspecified atom stereocenters. The maximum absolute atomic E-state index is 12.4. The first-order valence-electron chi connectivity index (χ1n) is 7.83. The highest BCUT2D eigenvalue weighted by molar-refractivity contribution is 7.98. The van der Waals surface area contributed by atoms with Crippen LogP contribution in [0.25, 0.3) is 10.9 Å². The van der Waals surface area contributed by atoms with E-state index in [-0.39, 0.29) is 6.03 Å². The summed E-state index contributed by atoms with van der Waals surface area (Å²) < 4.78 is 5.01. The van der Waals surface area contributed by atoms with E-state index >= 15 is 0 Å². The molecule has 3 rings (SSSR count). The Bertz CT molecular complexity index is 872. The summed E-state index contributed by atoms with van der Waals surface area (Å²) in [5.41, 5.74) is 3.47. The molecule has 0 fully saturated rings. The number of carbonyl (C=O) groups excluding carboxylic acids is 1. The number of hydrogen-bond acceptors (Lipinski definition) is 2. The molecule has 4 nitrogen and oxygen atoms in total. The molecule has 0 saturated carbocycles. The first-order chi connectivity index (χ1) is 11.6. The van der Waals surface area contributed by atoms with E-state index in [4.69, 9.17) is 0 Å². The normalized spacial score (nSPS) is 10.8. The Balaban J connectivity index is 1.67. The van der Waals surface area contributed by atoms with Crippen LogP contribution in [0, 0.1) is 6.92 Å². The van der Waals surface area contributed by atoms with Crippen LogP contribution in [-0.4, -0.2) is 22.5 Å². The minimum atomic E-state index is -0.101. The summed E-state index contributed by atoms with van der Waals surface area (Å²) in [5, 5.41) is 1.19. The fourth-order valence-electron chi connectivity index (χ4n) is 2.73. The average Bonchev–Trinajstić information content (AvgIpc) is 2.90. The van der Waals surface area contributed by atoms with Gasteiger partial charge in [0.15, 0.2) is 0 Å². The summed E-state index contributed by atoms with van der Waals surface area (Å²) in [4.78, 5) is 15.1. The summed E-state index contributed by atoms with van der Waals surface area (Å²) in [6.45, 7) is 2.61. The molecule has 124 valence electrons. The maximum Gasteiger partial charge on any atom is 0.327 e. The van der Waals surface area contributed by atoms with Crippen LogP contribution in [0.4, 0.5) is 4.79 Å². The van der Waals surface area contributed by atoms with Crippen LogP contribution in [0.15, 0.2) is 59.6 Å². The van der Waals surface area contributed by atoms with Gasteiger partial charge >= 0.3 is 6.03 Å².